The Morgan fingerprint density at radius 2 is 1.61 bits per heavy atom. The van der Waals surface area contributed by atoms with Crippen molar-refractivity contribution in [1.29, 1.82) is 0 Å². The number of imidazole rings is 1. The third-order valence-electron chi connectivity index (χ3n) is 8.30. The average Bonchev–Trinajstić information content (AvgIpc) is 3.45. The maximum absolute atomic E-state index is 16.0. The predicted molar refractivity (Wildman–Crippen MR) is 198 cm³/mol. The minimum atomic E-state index is -3.90. The zero-order chi connectivity index (χ0) is 36.8. The lowest BCUT2D eigenvalue weighted by Crippen LogP contribution is -2.40. The molecule has 0 aliphatic rings. The molecule has 0 saturated heterocycles. The van der Waals surface area contributed by atoms with Gasteiger partial charge in [0.2, 0.25) is 10.0 Å². The summed E-state index contributed by atoms with van der Waals surface area (Å²) >= 11 is 0. The minimum Gasteiger partial charge on any atom is -0.321 e. The Balaban J connectivity index is 1.46. The van der Waals surface area contributed by atoms with E-state index in [0.29, 0.717) is 58.0 Å². The number of pyridine rings is 1. The van der Waals surface area contributed by atoms with E-state index < -0.39 is 21.4 Å². The van der Waals surface area contributed by atoms with Crippen LogP contribution in [-0.2, 0) is 29.4 Å². The number of benzene rings is 3. The molecule has 266 valence electrons. The van der Waals surface area contributed by atoms with E-state index in [1.165, 1.54) is 12.1 Å². The van der Waals surface area contributed by atoms with E-state index in [0.717, 1.165) is 6.42 Å². The number of nitrogens with one attached hydrogen (secondary N) is 1. The summed E-state index contributed by atoms with van der Waals surface area (Å²) in [4.78, 5) is 38.2. The number of hydrogen-bond acceptors (Lipinski definition) is 6. The molecule has 0 spiro atoms. The second-order valence-corrected chi connectivity index (χ2v) is 15.0. The van der Waals surface area contributed by atoms with Crippen molar-refractivity contribution >= 4 is 27.4 Å². The first-order valence-electron chi connectivity index (χ1n) is 17.1. The van der Waals surface area contributed by atoms with Gasteiger partial charge in [0.25, 0.3) is 5.91 Å². The molecule has 2 aromatic heterocycles. The normalized spacial score (nSPS) is 11.8. The monoisotopic (exact) mass is 709 g/mol. The van der Waals surface area contributed by atoms with Gasteiger partial charge in [0.15, 0.2) is 5.78 Å². The Kier molecular flexibility index (Phi) is 11.6. The fourth-order valence-corrected chi connectivity index (χ4v) is 7.69. The minimum absolute atomic E-state index is 0.0191. The van der Waals surface area contributed by atoms with Crippen LogP contribution in [-0.4, -0.2) is 46.7 Å². The molecule has 2 heterocycles. The van der Waals surface area contributed by atoms with E-state index >= 15 is 4.39 Å². The van der Waals surface area contributed by atoms with Crippen LogP contribution < -0.4 is 9.62 Å². The van der Waals surface area contributed by atoms with Gasteiger partial charge in [-0.25, -0.2) is 22.5 Å². The van der Waals surface area contributed by atoms with Crippen LogP contribution in [0.1, 0.15) is 85.4 Å². The van der Waals surface area contributed by atoms with Gasteiger partial charge in [0.1, 0.15) is 17.3 Å². The molecule has 0 aliphatic carbocycles. The van der Waals surface area contributed by atoms with Crippen molar-refractivity contribution in [3.05, 3.63) is 131 Å². The van der Waals surface area contributed by atoms with Crippen molar-refractivity contribution < 1.29 is 22.4 Å². The van der Waals surface area contributed by atoms with Gasteiger partial charge in [-0.3, -0.25) is 14.6 Å². The predicted octanol–water partition coefficient (Wildman–Crippen LogP) is 7.64. The topological polar surface area (TPSA) is 114 Å². The molecule has 1 amide bonds. The first-order valence-corrected chi connectivity index (χ1v) is 18.6. The maximum Gasteiger partial charge on any atom is 0.258 e. The van der Waals surface area contributed by atoms with E-state index in [9.17, 15) is 18.0 Å². The first kappa shape index (κ1) is 37.3. The van der Waals surface area contributed by atoms with Crippen LogP contribution in [0.5, 0.6) is 0 Å². The number of hydrogen-bond donors (Lipinski definition) is 1. The Hall–Kier alpha value is -5.00. The summed E-state index contributed by atoms with van der Waals surface area (Å²) < 4.78 is 47.1. The number of anilines is 1. The number of aromatic nitrogens is 3. The quantitative estimate of drug-likeness (QED) is 0.119. The number of carbonyl (C=O) groups is 2. The number of aryl methyl sites for hydroxylation is 2. The van der Waals surface area contributed by atoms with E-state index in [1.54, 1.807) is 85.1 Å². The van der Waals surface area contributed by atoms with Gasteiger partial charge in [0, 0.05) is 59.7 Å². The largest absolute Gasteiger partial charge is 0.321 e. The number of Topliss-reactive ketones (excluding diaryl/α,β-unsaturated/α-hetero) is 1. The number of sulfonamides is 1. The summed E-state index contributed by atoms with van der Waals surface area (Å²) in [5.74, 6) is -0.307. The Labute approximate surface area is 299 Å². The molecule has 0 bridgehead atoms. The fraction of sp³-hybridized carbons (Fsp3) is 0.300. The lowest BCUT2D eigenvalue weighted by Gasteiger charge is -2.23. The molecule has 11 heteroatoms. The molecule has 3 aromatic carbocycles. The van der Waals surface area contributed by atoms with Gasteiger partial charge >= 0.3 is 0 Å². The average molecular weight is 710 g/mol. The van der Waals surface area contributed by atoms with E-state index in [2.05, 4.69) is 9.71 Å². The van der Waals surface area contributed by atoms with Crippen LogP contribution in [0.3, 0.4) is 0 Å². The molecular weight excluding hydrogens is 666 g/mol. The summed E-state index contributed by atoms with van der Waals surface area (Å²) in [6, 6.07) is 23.7. The summed E-state index contributed by atoms with van der Waals surface area (Å²) in [7, 11) is -3.90. The number of amides is 1. The van der Waals surface area contributed by atoms with Crippen LogP contribution in [0.4, 0.5) is 10.1 Å². The van der Waals surface area contributed by atoms with Gasteiger partial charge in [-0.1, -0.05) is 62.4 Å². The number of ketones is 1. The van der Waals surface area contributed by atoms with Gasteiger partial charge < -0.3 is 9.47 Å². The third-order valence-corrected chi connectivity index (χ3v) is 10.1. The van der Waals surface area contributed by atoms with Crippen molar-refractivity contribution in [2.45, 2.75) is 77.3 Å². The third kappa shape index (κ3) is 8.84. The molecule has 0 fully saturated rings. The highest BCUT2D eigenvalue weighted by Crippen LogP contribution is 2.30. The van der Waals surface area contributed by atoms with Crippen molar-refractivity contribution in [2.24, 2.45) is 0 Å². The van der Waals surface area contributed by atoms with Crippen molar-refractivity contribution in [2.75, 3.05) is 11.4 Å². The van der Waals surface area contributed by atoms with Crippen LogP contribution >= 0.6 is 0 Å². The highest BCUT2D eigenvalue weighted by Gasteiger charge is 2.27. The van der Waals surface area contributed by atoms with E-state index in [4.69, 9.17) is 4.98 Å². The summed E-state index contributed by atoms with van der Waals surface area (Å²) in [6.45, 7) is 9.40. The zero-order valence-electron chi connectivity index (χ0n) is 29.7. The van der Waals surface area contributed by atoms with Crippen LogP contribution in [0.25, 0.3) is 11.1 Å². The second-order valence-electron chi connectivity index (χ2n) is 13.4. The Bertz CT molecular complexity index is 2110. The molecule has 51 heavy (non-hydrogen) atoms. The number of para-hydroxylation sites is 1. The highest BCUT2D eigenvalue weighted by molar-refractivity contribution is 7.89. The van der Waals surface area contributed by atoms with Crippen LogP contribution in [0.2, 0.25) is 0 Å². The molecule has 5 rings (SSSR count). The number of carbonyl (C=O) groups excluding carboxylic acids is 2. The lowest BCUT2D eigenvalue weighted by molar-refractivity contribution is 0.0961. The van der Waals surface area contributed by atoms with Gasteiger partial charge in [0.05, 0.1) is 17.1 Å². The summed E-state index contributed by atoms with van der Waals surface area (Å²) in [5, 5.41) is 0. The van der Waals surface area contributed by atoms with Gasteiger partial charge in [-0.05, 0) is 75.6 Å². The standard InChI is InChI=1S/C40H44FN5O4S/c1-6-13-37-43-34(7-2)38(35(47)22-25-45(31-14-9-8-10-15-31)39(48)28-20-23-42-24-21-28)46(37)27-30-19-18-29(26-33(30)41)32-16-11-12-17-36(32)51(49,50)44-40(3,4)5/h8-12,14-21,23-24,26,44H,6-7,13,22,25,27H2,1-5H3. The van der Waals surface area contributed by atoms with Crippen molar-refractivity contribution in [3.63, 3.8) is 0 Å². The first-order chi connectivity index (χ1) is 24.3. The Morgan fingerprint density at radius 1 is 0.922 bits per heavy atom. The highest BCUT2D eigenvalue weighted by atomic mass is 32.2. The van der Waals surface area contributed by atoms with E-state index in [1.807, 2.05) is 44.2 Å². The maximum atomic E-state index is 16.0. The SMILES string of the molecule is CCCc1nc(CC)c(C(=O)CCN(C(=O)c2ccncc2)c2ccccc2)n1Cc1ccc(-c2ccccc2S(=O)(=O)NC(C)(C)C)cc1F. The van der Waals surface area contributed by atoms with Crippen molar-refractivity contribution in [1.82, 2.24) is 19.3 Å². The molecule has 0 saturated carbocycles. The van der Waals surface area contributed by atoms with Crippen LogP contribution in [0, 0.1) is 5.82 Å². The van der Waals surface area contributed by atoms with Gasteiger partial charge in [-0.2, -0.15) is 0 Å². The molecule has 5 aromatic rings. The molecule has 0 unspecified atom stereocenters. The lowest BCUT2D eigenvalue weighted by atomic mass is 10.0. The van der Waals surface area contributed by atoms with Crippen molar-refractivity contribution in [3.8, 4) is 11.1 Å². The number of halogens is 1. The smallest absolute Gasteiger partial charge is 0.258 e. The Morgan fingerprint density at radius 3 is 2.25 bits per heavy atom. The molecule has 9 nitrogen and oxygen atoms in total. The molecule has 0 atom stereocenters. The molecular formula is C40H44FN5O4S. The number of rotatable bonds is 14. The van der Waals surface area contributed by atoms with Gasteiger partial charge in [-0.15, -0.1) is 0 Å². The second kappa shape index (κ2) is 15.9. The molecule has 1 N–H and O–H groups in total. The zero-order valence-corrected chi connectivity index (χ0v) is 30.5. The molecule has 0 radical (unpaired) electrons. The molecule has 0 aliphatic heterocycles. The van der Waals surface area contributed by atoms with Crippen LogP contribution in [0.15, 0.2) is 102 Å². The number of nitrogens with zero attached hydrogens (tertiary/aromatic N) is 4. The summed E-state index contributed by atoms with van der Waals surface area (Å²) in [5.41, 5.74) is 2.56. The fourth-order valence-electron chi connectivity index (χ4n) is 6.05. The summed E-state index contributed by atoms with van der Waals surface area (Å²) in [6.07, 6.45) is 4.98. The van der Waals surface area contributed by atoms with E-state index in [-0.39, 0.29) is 36.1 Å².